The van der Waals surface area contributed by atoms with Gasteiger partial charge in [-0.1, -0.05) is 0 Å². The molecule has 2 rings (SSSR count). The molecule has 0 atom stereocenters. The van der Waals surface area contributed by atoms with E-state index in [4.69, 9.17) is 5.11 Å². The third-order valence-corrected chi connectivity index (χ3v) is 2.84. The predicted molar refractivity (Wildman–Crippen MR) is 49.1 cm³/mol. The standard InChI is InChI=1S/C9H12N2O4/c12-7-4-10(5-8(13)14)9(15)11(7)6-2-1-3-6/h6H,1-5H2,(H,13,14). The Kier molecular flexibility index (Phi) is 2.34. The number of hydrogen-bond donors (Lipinski definition) is 1. The lowest BCUT2D eigenvalue weighted by molar-refractivity contribution is -0.137. The number of carbonyl (C=O) groups is 3. The SMILES string of the molecule is O=C(O)CN1CC(=O)N(C2CCC2)C1=O. The number of carboxylic acid groups (broad SMARTS) is 1. The van der Waals surface area contributed by atoms with E-state index in [1.807, 2.05) is 0 Å². The minimum absolute atomic E-state index is 0.00351. The third kappa shape index (κ3) is 1.67. The second kappa shape index (κ2) is 3.52. The highest BCUT2D eigenvalue weighted by molar-refractivity contribution is 6.03. The number of urea groups is 1. The quantitative estimate of drug-likeness (QED) is 0.662. The van der Waals surface area contributed by atoms with E-state index < -0.39 is 18.5 Å². The van der Waals surface area contributed by atoms with Crippen molar-refractivity contribution in [1.29, 1.82) is 0 Å². The van der Waals surface area contributed by atoms with E-state index in [1.165, 1.54) is 4.90 Å². The Morgan fingerprint density at radius 1 is 1.40 bits per heavy atom. The number of rotatable bonds is 3. The van der Waals surface area contributed by atoms with E-state index >= 15 is 0 Å². The molecule has 2 aliphatic rings. The van der Waals surface area contributed by atoms with Crippen LogP contribution in [0.5, 0.6) is 0 Å². The van der Waals surface area contributed by atoms with Gasteiger partial charge in [-0.05, 0) is 19.3 Å². The number of nitrogens with zero attached hydrogens (tertiary/aromatic N) is 2. The molecular formula is C9H12N2O4. The smallest absolute Gasteiger partial charge is 0.328 e. The zero-order valence-electron chi connectivity index (χ0n) is 8.18. The molecule has 6 heteroatoms. The summed E-state index contributed by atoms with van der Waals surface area (Å²) in [7, 11) is 0. The Hall–Kier alpha value is -1.59. The van der Waals surface area contributed by atoms with E-state index in [2.05, 4.69) is 0 Å². The first-order valence-corrected chi connectivity index (χ1v) is 4.92. The molecule has 3 amide bonds. The number of imide groups is 1. The summed E-state index contributed by atoms with van der Waals surface area (Å²) in [5.74, 6) is -1.36. The van der Waals surface area contributed by atoms with Gasteiger partial charge in [0.15, 0.2) is 0 Å². The van der Waals surface area contributed by atoms with Crippen LogP contribution in [-0.2, 0) is 9.59 Å². The van der Waals surface area contributed by atoms with Crippen LogP contribution in [0.3, 0.4) is 0 Å². The lowest BCUT2D eigenvalue weighted by atomic mass is 9.92. The molecule has 0 aromatic heterocycles. The molecule has 1 heterocycles. The summed E-state index contributed by atoms with van der Waals surface area (Å²) in [6.07, 6.45) is 2.72. The van der Waals surface area contributed by atoms with Crippen LogP contribution in [0.15, 0.2) is 0 Å². The van der Waals surface area contributed by atoms with Crippen LogP contribution in [0.25, 0.3) is 0 Å². The minimum atomic E-state index is -1.09. The van der Waals surface area contributed by atoms with Crippen LogP contribution >= 0.6 is 0 Å². The second-order valence-corrected chi connectivity index (χ2v) is 3.88. The zero-order chi connectivity index (χ0) is 11.0. The fourth-order valence-corrected chi connectivity index (χ4v) is 1.86. The van der Waals surface area contributed by atoms with Crippen molar-refractivity contribution in [3.05, 3.63) is 0 Å². The van der Waals surface area contributed by atoms with Crippen LogP contribution < -0.4 is 0 Å². The maximum absolute atomic E-state index is 11.7. The molecule has 0 spiro atoms. The molecule has 1 saturated heterocycles. The number of amides is 3. The molecule has 82 valence electrons. The minimum Gasteiger partial charge on any atom is -0.480 e. The van der Waals surface area contributed by atoms with E-state index in [0.717, 1.165) is 24.2 Å². The summed E-state index contributed by atoms with van der Waals surface area (Å²) < 4.78 is 0. The van der Waals surface area contributed by atoms with Crippen LogP contribution in [0, 0.1) is 0 Å². The molecule has 1 N–H and O–H groups in total. The Morgan fingerprint density at radius 3 is 2.53 bits per heavy atom. The molecule has 1 aliphatic carbocycles. The second-order valence-electron chi connectivity index (χ2n) is 3.88. The summed E-state index contributed by atoms with van der Waals surface area (Å²) in [5, 5.41) is 8.55. The Bertz CT molecular complexity index is 324. The third-order valence-electron chi connectivity index (χ3n) is 2.84. The summed E-state index contributed by atoms with van der Waals surface area (Å²) in [4.78, 5) is 35.9. The molecule has 0 radical (unpaired) electrons. The molecular weight excluding hydrogens is 200 g/mol. The van der Waals surface area contributed by atoms with Crippen molar-refractivity contribution < 1.29 is 19.5 Å². The van der Waals surface area contributed by atoms with Gasteiger partial charge in [0.1, 0.15) is 13.1 Å². The van der Waals surface area contributed by atoms with Crippen molar-refractivity contribution in [2.45, 2.75) is 25.3 Å². The van der Waals surface area contributed by atoms with Gasteiger partial charge in [-0.25, -0.2) is 4.79 Å². The van der Waals surface area contributed by atoms with Crippen molar-refractivity contribution in [2.24, 2.45) is 0 Å². The molecule has 0 aromatic carbocycles. The maximum Gasteiger partial charge on any atom is 0.328 e. The highest BCUT2D eigenvalue weighted by Gasteiger charge is 2.42. The summed E-state index contributed by atoms with van der Waals surface area (Å²) >= 11 is 0. The van der Waals surface area contributed by atoms with Crippen LogP contribution in [0.4, 0.5) is 4.79 Å². The van der Waals surface area contributed by atoms with Gasteiger partial charge in [-0.3, -0.25) is 14.5 Å². The van der Waals surface area contributed by atoms with Crippen LogP contribution in [0.2, 0.25) is 0 Å². The first-order chi connectivity index (χ1) is 7.09. The summed E-state index contributed by atoms with van der Waals surface area (Å²) in [5.41, 5.74) is 0. The van der Waals surface area contributed by atoms with Gasteiger partial charge < -0.3 is 10.0 Å². The molecule has 2 fully saturated rings. The lowest BCUT2D eigenvalue weighted by Gasteiger charge is -2.32. The van der Waals surface area contributed by atoms with Gasteiger partial charge in [0.05, 0.1) is 0 Å². The van der Waals surface area contributed by atoms with Crippen molar-refractivity contribution in [3.63, 3.8) is 0 Å². The van der Waals surface area contributed by atoms with E-state index in [9.17, 15) is 14.4 Å². The number of aliphatic carboxylic acids is 1. The Labute approximate surface area is 86.4 Å². The van der Waals surface area contributed by atoms with Crippen LogP contribution in [0.1, 0.15) is 19.3 Å². The molecule has 0 unspecified atom stereocenters. The number of carboxylic acids is 1. The molecule has 1 saturated carbocycles. The highest BCUT2D eigenvalue weighted by atomic mass is 16.4. The number of carbonyl (C=O) groups excluding carboxylic acids is 2. The zero-order valence-corrected chi connectivity index (χ0v) is 8.18. The fourth-order valence-electron chi connectivity index (χ4n) is 1.86. The summed E-state index contributed by atoms with van der Waals surface area (Å²) in [6.45, 7) is -0.491. The largest absolute Gasteiger partial charge is 0.480 e. The summed E-state index contributed by atoms with van der Waals surface area (Å²) in [6, 6.07) is -0.448. The first-order valence-electron chi connectivity index (χ1n) is 4.92. The van der Waals surface area contributed by atoms with Gasteiger partial charge in [0.2, 0.25) is 0 Å². The number of hydrogen-bond acceptors (Lipinski definition) is 3. The fraction of sp³-hybridized carbons (Fsp3) is 0.667. The monoisotopic (exact) mass is 212 g/mol. The average Bonchev–Trinajstić information content (AvgIpc) is 2.29. The molecule has 15 heavy (non-hydrogen) atoms. The Balaban J connectivity index is 2.05. The average molecular weight is 212 g/mol. The molecule has 0 bridgehead atoms. The van der Waals surface area contributed by atoms with Crippen molar-refractivity contribution in [1.82, 2.24) is 9.80 Å². The van der Waals surface area contributed by atoms with E-state index in [-0.39, 0.29) is 18.5 Å². The van der Waals surface area contributed by atoms with Crippen molar-refractivity contribution >= 4 is 17.9 Å². The predicted octanol–water partition coefficient (Wildman–Crippen LogP) is -0.112. The first kappa shape index (κ1) is 9.95. The van der Waals surface area contributed by atoms with Crippen molar-refractivity contribution in [2.75, 3.05) is 13.1 Å². The van der Waals surface area contributed by atoms with Gasteiger partial charge in [0.25, 0.3) is 5.91 Å². The van der Waals surface area contributed by atoms with Gasteiger partial charge >= 0.3 is 12.0 Å². The van der Waals surface area contributed by atoms with Crippen LogP contribution in [-0.4, -0.2) is 51.9 Å². The Morgan fingerprint density at radius 2 is 2.07 bits per heavy atom. The maximum atomic E-state index is 11.7. The van der Waals surface area contributed by atoms with Gasteiger partial charge in [0, 0.05) is 6.04 Å². The lowest BCUT2D eigenvalue weighted by Crippen LogP contribution is -2.45. The van der Waals surface area contributed by atoms with E-state index in [0.29, 0.717) is 0 Å². The normalized spacial score (nSPS) is 22.1. The topological polar surface area (TPSA) is 77.9 Å². The molecule has 0 aromatic rings. The van der Waals surface area contributed by atoms with Gasteiger partial charge in [-0.2, -0.15) is 0 Å². The van der Waals surface area contributed by atoms with E-state index in [1.54, 1.807) is 0 Å². The highest BCUT2D eigenvalue weighted by Crippen LogP contribution is 2.28. The van der Waals surface area contributed by atoms with Crippen molar-refractivity contribution in [3.8, 4) is 0 Å². The molecule has 6 nitrogen and oxygen atoms in total. The van der Waals surface area contributed by atoms with Gasteiger partial charge in [-0.15, -0.1) is 0 Å². The molecule has 1 aliphatic heterocycles.